The molecule has 1 aromatic carbocycles. The molecule has 1 rings (SSSR count). The Bertz CT molecular complexity index is 463. The molecule has 0 aromatic heterocycles. The summed E-state index contributed by atoms with van der Waals surface area (Å²) in [5.74, 6) is -0.658. The van der Waals surface area contributed by atoms with Crippen molar-refractivity contribution in [3.8, 4) is 0 Å². The van der Waals surface area contributed by atoms with E-state index in [4.69, 9.17) is 4.84 Å². The SMILES string of the molecule is CCCCCC(=O)N(OC(=O)c1ccccc1)C(C)(C)C. The molecule has 0 N–H and O–H groups in total. The molecule has 0 radical (unpaired) electrons. The smallest absolute Gasteiger partial charge is 0.332 e. The minimum absolute atomic E-state index is 0.153. The van der Waals surface area contributed by atoms with Crippen molar-refractivity contribution in [3.63, 3.8) is 0 Å². The summed E-state index contributed by atoms with van der Waals surface area (Å²) in [6, 6.07) is 8.70. The molecule has 0 saturated heterocycles. The first kappa shape index (κ1) is 17.2. The lowest BCUT2D eigenvalue weighted by Gasteiger charge is -2.33. The van der Waals surface area contributed by atoms with Crippen LogP contribution < -0.4 is 0 Å². The molecule has 4 heteroatoms. The average Bonchev–Trinajstić information content (AvgIpc) is 2.44. The summed E-state index contributed by atoms with van der Waals surface area (Å²) in [6.45, 7) is 7.64. The molecule has 0 spiro atoms. The van der Waals surface area contributed by atoms with Crippen LogP contribution in [0.2, 0.25) is 0 Å². The Morgan fingerprint density at radius 1 is 1.10 bits per heavy atom. The summed E-state index contributed by atoms with van der Waals surface area (Å²) in [5, 5.41) is 1.21. The molecule has 0 saturated carbocycles. The zero-order valence-electron chi connectivity index (χ0n) is 13.4. The number of amides is 1. The summed E-state index contributed by atoms with van der Waals surface area (Å²) >= 11 is 0. The Hall–Kier alpha value is -1.84. The highest BCUT2D eigenvalue weighted by molar-refractivity contribution is 5.90. The Morgan fingerprint density at radius 2 is 1.71 bits per heavy atom. The van der Waals surface area contributed by atoms with Crippen molar-refractivity contribution in [2.45, 2.75) is 58.9 Å². The Labute approximate surface area is 127 Å². The molecule has 0 bridgehead atoms. The van der Waals surface area contributed by atoms with Gasteiger partial charge in [-0.15, -0.1) is 0 Å². The third-order valence-corrected chi connectivity index (χ3v) is 3.01. The highest BCUT2D eigenvalue weighted by Gasteiger charge is 2.30. The molecule has 0 unspecified atom stereocenters. The van der Waals surface area contributed by atoms with Gasteiger partial charge in [0.15, 0.2) is 0 Å². The molecular weight excluding hydrogens is 266 g/mol. The molecule has 0 heterocycles. The van der Waals surface area contributed by atoms with Crippen LogP contribution >= 0.6 is 0 Å². The van der Waals surface area contributed by atoms with E-state index < -0.39 is 11.5 Å². The minimum Gasteiger partial charge on any atom is -0.332 e. The highest BCUT2D eigenvalue weighted by atomic mass is 16.7. The molecular formula is C17H25NO3. The van der Waals surface area contributed by atoms with E-state index in [0.717, 1.165) is 19.3 Å². The maximum Gasteiger partial charge on any atom is 0.363 e. The lowest BCUT2D eigenvalue weighted by molar-refractivity contribution is -0.188. The monoisotopic (exact) mass is 291 g/mol. The van der Waals surface area contributed by atoms with Crippen molar-refractivity contribution in [1.82, 2.24) is 5.06 Å². The van der Waals surface area contributed by atoms with Crippen LogP contribution in [0.25, 0.3) is 0 Å². The van der Waals surface area contributed by atoms with Crippen molar-refractivity contribution in [1.29, 1.82) is 0 Å². The number of carbonyl (C=O) groups excluding carboxylic acids is 2. The third-order valence-electron chi connectivity index (χ3n) is 3.01. The first-order valence-electron chi connectivity index (χ1n) is 7.46. The number of carbonyl (C=O) groups is 2. The zero-order valence-corrected chi connectivity index (χ0v) is 13.4. The van der Waals surface area contributed by atoms with E-state index in [-0.39, 0.29) is 5.91 Å². The van der Waals surface area contributed by atoms with Crippen LogP contribution in [-0.2, 0) is 9.63 Å². The van der Waals surface area contributed by atoms with Gasteiger partial charge in [-0.25, -0.2) is 4.79 Å². The molecule has 0 aliphatic heterocycles. The van der Waals surface area contributed by atoms with Gasteiger partial charge in [-0.1, -0.05) is 38.0 Å². The van der Waals surface area contributed by atoms with E-state index in [0.29, 0.717) is 12.0 Å². The van der Waals surface area contributed by atoms with Gasteiger partial charge in [0.05, 0.1) is 11.1 Å². The van der Waals surface area contributed by atoms with Gasteiger partial charge >= 0.3 is 5.97 Å². The van der Waals surface area contributed by atoms with E-state index in [2.05, 4.69) is 6.92 Å². The topological polar surface area (TPSA) is 46.6 Å². The number of unbranched alkanes of at least 4 members (excludes halogenated alkanes) is 2. The molecule has 0 aliphatic carbocycles. The fourth-order valence-corrected chi connectivity index (χ4v) is 1.90. The second-order valence-electron chi connectivity index (χ2n) is 6.06. The van der Waals surface area contributed by atoms with Crippen LogP contribution in [0, 0.1) is 0 Å². The second-order valence-corrected chi connectivity index (χ2v) is 6.06. The predicted molar refractivity (Wildman–Crippen MR) is 82.6 cm³/mol. The molecule has 1 amide bonds. The molecule has 0 aliphatic rings. The summed E-state index contributed by atoms with van der Waals surface area (Å²) in [5.41, 5.74) is -0.124. The summed E-state index contributed by atoms with van der Waals surface area (Å²) in [7, 11) is 0. The van der Waals surface area contributed by atoms with Gasteiger partial charge in [-0.05, 0) is 39.3 Å². The standard InChI is InChI=1S/C17H25NO3/c1-5-6-8-13-15(19)18(17(2,3)4)21-16(20)14-11-9-7-10-12-14/h7,9-12H,5-6,8,13H2,1-4H3. The lowest BCUT2D eigenvalue weighted by Crippen LogP contribution is -2.46. The summed E-state index contributed by atoms with van der Waals surface area (Å²) in [6.07, 6.45) is 3.25. The van der Waals surface area contributed by atoms with Crippen LogP contribution in [0.3, 0.4) is 0 Å². The largest absolute Gasteiger partial charge is 0.363 e. The first-order valence-corrected chi connectivity index (χ1v) is 7.46. The number of hydrogen-bond acceptors (Lipinski definition) is 3. The van der Waals surface area contributed by atoms with Gasteiger partial charge in [-0.3, -0.25) is 4.79 Å². The average molecular weight is 291 g/mol. The normalized spacial score (nSPS) is 11.0. The molecule has 1 aromatic rings. The van der Waals surface area contributed by atoms with Gasteiger partial charge < -0.3 is 4.84 Å². The zero-order chi connectivity index (χ0) is 15.9. The predicted octanol–water partition coefficient (Wildman–Crippen LogP) is 3.97. The van der Waals surface area contributed by atoms with Crippen molar-refractivity contribution >= 4 is 11.9 Å². The van der Waals surface area contributed by atoms with Crippen LogP contribution in [0.1, 0.15) is 63.7 Å². The van der Waals surface area contributed by atoms with E-state index in [9.17, 15) is 9.59 Å². The molecule has 21 heavy (non-hydrogen) atoms. The van der Waals surface area contributed by atoms with Crippen LogP contribution in [-0.4, -0.2) is 22.5 Å². The lowest BCUT2D eigenvalue weighted by atomic mass is 10.1. The number of benzene rings is 1. The Balaban J connectivity index is 2.75. The molecule has 0 atom stereocenters. The molecule has 4 nitrogen and oxygen atoms in total. The number of rotatable bonds is 5. The summed E-state index contributed by atoms with van der Waals surface area (Å²) < 4.78 is 0. The first-order chi connectivity index (χ1) is 9.86. The third kappa shape index (κ3) is 5.58. The van der Waals surface area contributed by atoms with E-state index in [1.807, 2.05) is 26.8 Å². The van der Waals surface area contributed by atoms with Crippen molar-refractivity contribution < 1.29 is 14.4 Å². The number of hydrogen-bond donors (Lipinski definition) is 0. The van der Waals surface area contributed by atoms with Crippen LogP contribution in [0.5, 0.6) is 0 Å². The summed E-state index contributed by atoms with van der Waals surface area (Å²) in [4.78, 5) is 29.7. The van der Waals surface area contributed by atoms with E-state index >= 15 is 0 Å². The number of hydroxylamine groups is 2. The van der Waals surface area contributed by atoms with Gasteiger partial charge in [-0.2, -0.15) is 5.06 Å². The van der Waals surface area contributed by atoms with Crippen molar-refractivity contribution in [2.24, 2.45) is 0 Å². The van der Waals surface area contributed by atoms with Gasteiger partial charge in [0.25, 0.3) is 5.91 Å². The highest BCUT2D eigenvalue weighted by Crippen LogP contribution is 2.18. The molecule has 116 valence electrons. The van der Waals surface area contributed by atoms with Crippen LogP contribution in [0.15, 0.2) is 30.3 Å². The fraction of sp³-hybridized carbons (Fsp3) is 0.529. The second kappa shape index (κ2) is 7.81. The van der Waals surface area contributed by atoms with Gasteiger partial charge in [0.2, 0.25) is 0 Å². The Morgan fingerprint density at radius 3 is 2.24 bits per heavy atom. The molecule has 0 fully saturated rings. The number of nitrogens with zero attached hydrogens (tertiary/aromatic N) is 1. The maximum atomic E-state index is 12.3. The van der Waals surface area contributed by atoms with Gasteiger partial charge in [0, 0.05) is 6.42 Å². The maximum absolute atomic E-state index is 12.3. The Kier molecular flexibility index (Phi) is 6.40. The van der Waals surface area contributed by atoms with Gasteiger partial charge in [0.1, 0.15) is 0 Å². The van der Waals surface area contributed by atoms with E-state index in [1.165, 1.54) is 5.06 Å². The van der Waals surface area contributed by atoms with E-state index in [1.54, 1.807) is 24.3 Å². The van der Waals surface area contributed by atoms with Crippen molar-refractivity contribution in [3.05, 3.63) is 35.9 Å². The fourth-order valence-electron chi connectivity index (χ4n) is 1.90. The van der Waals surface area contributed by atoms with Crippen LogP contribution in [0.4, 0.5) is 0 Å². The van der Waals surface area contributed by atoms with Crippen molar-refractivity contribution in [2.75, 3.05) is 0 Å². The minimum atomic E-state index is -0.562. The quantitative estimate of drug-likeness (QED) is 0.609.